The molecule has 0 spiro atoms. The summed E-state index contributed by atoms with van der Waals surface area (Å²) in [6, 6.07) is 2.47. The molecule has 0 aliphatic heterocycles. The van der Waals surface area contributed by atoms with Gasteiger partial charge in [0.1, 0.15) is 0 Å². The molecule has 1 aromatic rings. The van der Waals surface area contributed by atoms with Crippen LogP contribution in [0.2, 0.25) is 0 Å². The first-order chi connectivity index (χ1) is 9.24. The standard InChI is InChI=1S/C14H25N5.HI/c1-12(11-19-9-5-8-17-19)10-16-14(15)18-13-6-3-2-4-7-13;/h5,8-9,12-13H,2-4,6-7,10-11H2,1H3,(H3,15,16,18);1H. The van der Waals surface area contributed by atoms with Crippen LogP contribution in [0.1, 0.15) is 39.0 Å². The van der Waals surface area contributed by atoms with E-state index in [1.165, 1.54) is 32.1 Å². The molecule has 1 aromatic heterocycles. The van der Waals surface area contributed by atoms with E-state index in [1.807, 2.05) is 16.9 Å². The van der Waals surface area contributed by atoms with Crippen LogP contribution < -0.4 is 11.1 Å². The Hall–Kier alpha value is -0.790. The van der Waals surface area contributed by atoms with E-state index in [2.05, 4.69) is 22.3 Å². The van der Waals surface area contributed by atoms with Gasteiger partial charge in [0, 0.05) is 31.5 Å². The molecule has 1 unspecified atom stereocenters. The number of nitrogens with one attached hydrogen (secondary N) is 1. The van der Waals surface area contributed by atoms with Gasteiger partial charge in [0.05, 0.1) is 0 Å². The Morgan fingerprint density at radius 1 is 1.45 bits per heavy atom. The van der Waals surface area contributed by atoms with Crippen LogP contribution in [0, 0.1) is 5.92 Å². The van der Waals surface area contributed by atoms with E-state index in [0.29, 0.717) is 17.9 Å². The minimum absolute atomic E-state index is 0. The molecular formula is C14H26IN5. The Labute approximate surface area is 138 Å². The number of hydrogen-bond donors (Lipinski definition) is 2. The number of nitrogens with zero attached hydrogens (tertiary/aromatic N) is 3. The SMILES string of the molecule is CC(CN=C(N)NC1CCCCC1)Cn1cccn1.I. The van der Waals surface area contributed by atoms with Crippen molar-refractivity contribution in [3.63, 3.8) is 0 Å². The van der Waals surface area contributed by atoms with E-state index in [0.717, 1.165) is 13.1 Å². The van der Waals surface area contributed by atoms with Crippen LogP contribution in [-0.2, 0) is 6.54 Å². The van der Waals surface area contributed by atoms with E-state index in [-0.39, 0.29) is 24.0 Å². The topological polar surface area (TPSA) is 68.2 Å². The van der Waals surface area contributed by atoms with E-state index < -0.39 is 0 Å². The molecule has 6 heteroatoms. The van der Waals surface area contributed by atoms with Gasteiger partial charge < -0.3 is 11.1 Å². The van der Waals surface area contributed by atoms with E-state index in [9.17, 15) is 0 Å². The molecule has 1 heterocycles. The van der Waals surface area contributed by atoms with Crippen molar-refractivity contribution >= 4 is 29.9 Å². The zero-order valence-electron chi connectivity index (χ0n) is 12.2. The molecule has 20 heavy (non-hydrogen) atoms. The maximum atomic E-state index is 5.94. The Kier molecular flexibility index (Phi) is 7.94. The minimum atomic E-state index is 0. The minimum Gasteiger partial charge on any atom is -0.370 e. The molecule has 1 fully saturated rings. The second-order valence-electron chi connectivity index (χ2n) is 5.54. The summed E-state index contributed by atoms with van der Waals surface area (Å²) in [6.45, 7) is 3.79. The quantitative estimate of drug-likeness (QED) is 0.460. The lowest BCUT2D eigenvalue weighted by Gasteiger charge is -2.23. The molecule has 0 saturated heterocycles. The first-order valence-electron chi connectivity index (χ1n) is 7.28. The fourth-order valence-electron chi connectivity index (χ4n) is 2.54. The molecule has 2 rings (SSSR count). The number of hydrogen-bond acceptors (Lipinski definition) is 2. The van der Waals surface area contributed by atoms with Crippen molar-refractivity contribution in [3.8, 4) is 0 Å². The summed E-state index contributed by atoms with van der Waals surface area (Å²) >= 11 is 0. The lowest BCUT2D eigenvalue weighted by Crippen LogP contribution is -2.41. The highest BCUT2D eigenvalue weighted by Gasteiger charge is 2.13. The van der Waals surface area contributed by atoms with Crippen molar-refractivity contribution in [2.75, 3.05) is 6.54 Å². The third kappa shape index (κ3) is 6.11. The number of aliphatic imine (C=N–C) groups is 1. The van der Waals surface area contributed by atoms with Crippen LogP contribution in [0.25, 0.3) is 0 Å². The molecule has 3 N–H and O–H groups in total. The van der Waals surface area contributed by atoms with Crippen LogP contribution in [0.3, 0.4) is 0 Å². The Morgan fingerprint density at radius 3 is 2.85 bits per heavy atom. The summed E-state index contributed by atoms with van der Waals surface area (Å²) in [4.78, 5) is 4.44. The first kappa shape index (κ1) is 17.3. The molecule has 1 aliphatic carbocycles. The molecule has 1 saturated carbocycles. The Bertz CT molecular complexity index is 384. The van der Waals surface area contributed by atoms with Crippen molar-refractivity contribution in [2.45, 2.75) is 51.6 Å². The highest BCUT2D eigenvalue weighted by Crippen LogP contribution is 2.17. The summed E-state index contributed by atoms with van der Waals surface area (Å²) in [5, 5.41) is 7.54. The molecular weight excluding hydrogens is 365 g/mol. The number of guanidine groups is 1. The van der Waals surface area contributed by atoms with Crippen LogP contribution >= 0.6 is 24.0 Å². The van der Waals surface area contributed by atoms with Gasteiger partial charge in [-0.2, -0.15) is 5.10 Å². The third-order valence-corrected chi connectivity index (χ3v) is 3.59. The van der Waals surface area contributed by atoms with Crippen molar-refractivity contribution in [1.29, 1.82) is 0 Å². The normalized spacial score (nSPS) is 18.4. The van der Waals surface area contributed by atoms with Gasteiger partial charge in [0.25, 0.3) is 0 Å². The van der Waals surface area contributed by atoms with Gasteiger partial charge in [0.2, 0.25) is 0 Å². The number of halogens is 1. The number of nitrogens with two attached hydrogens (primary N) is 1. The highest BCUT2D eigenvalue weighted by atomic mass is 127. The molecule has 0 aromatic carbocycles. The predicted octanol–water partition coefficient (Wildman–Crippen LogP) is 2.37. The van der Waals surface area contributed by atoms with E-state index in [1.54, 1.807) is 6.20 Å². The Balaban J connectivity index is 0.00000200. The molecule has 1 aliphatic rings. The summed E-state index contributed by atoms with van der Waals surface area (Å²) in [7, 11) is 0. The van der Waals surface area contributed by atoms with E-state index in [4.69, 9.17) is 5.73 Å². The summed E-state index contributed by atoms with van der Waals surface area (Å²) in [5.41, 5.74) is 5.94. The molecule has 5 nitrogen and oxygen atoms in total. The zero-order valence-corrected chi connectivity index (χ0v) is 14.5. The first-order valence-corrected chi connectivity index (χ1v) is 7.28. The van der Waals surface area contributed by atoms with Crippen molar-refractivity contribution < 1.29 is 0 Å². The number of rotatable bonds is 5. The van der Waals surface area contributed by atoms with Crippen molar-refractivity contribution in [1.82, 2.24) is 15.1 Å². The molecule has 0 radical (unpaired) electrons. The lowest BCUT2D eigenvalue weighted by molar-refractivity contribution is 0.411. The largest absolute Gasteiger partial charge is 0.370 e. The number of aromatic nitrogens is 2. The monoisotopic (exact) mass is 391 g/mol. The molecule has 1 atom stereocenters. The van der Waals surface area contributed by atoms with Gasteiger partial charge in [-0.1, -0.05) is 26.2 Å². The van der Waals surface area contributed by atoms with Crippen molar-refractivity contribution in [2.24, 2.45) is 16.6 Å². The summed E-state index contributed by atoms with van der Waals surface area (Å²) in [6.07, 6.45) is 10.2. The molecule has 0 amide bonds. The maximum absolute atomic E-state index is 5.94. The molecule has 0 bridgehead atoms. The van der Waals surface area contributed by atoms with Gasteiger partial charge in [-0.15, -0.1) is 24.0 Å². The predicted molar refractivity (Wildman–Crippen MR) is 93.3 cm³/mol. The fourth-order valence-corrected chi connectivity index (χ4v) is 2.54. The second-order valence-corrected chi connectivity index (χ2v) is 5.54. The van der Waals surface area contributed by atoms with Crippen LogP contribution in [0.15, 0.2) is 23.5 Å². The lowest BCUT2D eigenvalue weighted by atomic mass is 9.96. The summed E-state index contributed by atoms with van der Waals surface area (Å²) < 4.78 is 1.94. The van der Waals surface area contributed by atoms with Crippen LogP contribution in [0.5, 0.6) is 0 Å². The van der Waals surface area contributed by atoms with Gasteiger partial charge in [-0.25, -0.2) is 0 Å². The smallest absolute Gasteiger partial charge is 0.188 e. The molecule has 114 valence electrons. The van der Waals surface area contributed by atoms with Crippen LogP contribution in [-0.4, -0.2) is 28.3 Å². The van der Waals surface area contributed by atoms with Gasteiger partial charge in [-0.3, -0.25) is 9.67 Å². The highest BCUT2D eigenvalue weighted by molar-refractivity contribution is 14.0. The van der Waals surface area contributed by atoms with E-state index >= 15 is 0 Å². The zero-order chi connectivity index (χ0) is 13.5. The van der Waals surface area contributed by atoms with Crippen LogP contribution in [0.4, 0.5) is 0 Å². The van der Waals surface area contributed by atoms with Gasteiger partial charge in [0.15, 0.2) is 5.96 Å². The summed E-state index contributed by atoms with van der Waals surface area (Å²) in [5.74, 6) is 1.03. The van der Waals surface area contributed by atoms with Gasteiger partial charge in [-0.05, 0) is 24.8 Å². The maximum Gasteiger partial charge on any atom is 0.188 e. The average Bonchev–Trinajstić information content (AvgIpc) is 2.90. The van der Waals surface area contributed by atoms with Crippen molar-refractivity contribution in [3.05, 3.63) is 18.5 Å². The third-order valence-electron chi connectivity index (χ3n) is 3.59. The second kappa shape index (κ2) is 9.20. The Morgan fingerprint density at radius 2 is 2.20 bits per heavy atom. The fraction of sp³-hybridized carbons (Fsp3) is 0.714. The average molecular weight is 391 g/mol. The van der Waals surface area contributed by atoms with Gasteiger partial charge >= 0.3 is 0 Å².